The minimum Gasteiger partial charge on any atom is -0.384 e. The van der Waals surface area contributed by atoms with Gasteiger partial charge < -0.3 is 10.5 Å². The lowest BCUT2D eigenvalue weighted by atomic mass is 10.0. The van der Waals surface area contributed by atoms with Crippen molar-refractivity contribution in [2.24, 2.45) is 10.7 Å². The fourth-order valence-electron chi connectivity index (χ4n) is 1.91. The normalized spacial score (nSPS) is 17.5. The van der Waals surface area contributed by atoms with Crippen molar-refractivity contribution >= 4 is 11.9 Å². The topological polar surface area (TPSA) is 67.9 Å². The summed E-state index contributed by atoms with van der Waals surface area (Å²) < 4.78 is 18.6. The lowest BCUT2D eigenvalue weighted by Gasteiger charge is -2.10. The maximum Gasteiger partial charge on any atom is 0.258 e. The number of carbonyl (C=O) groups excluding carboxylic acids is 1. The molecule has 1 heterocycles. The molecule has 5 nitrogen and oxygen atoms in total. The summed E-state index contributed by atoms with van der Waals surface area (Å²) in [5, 5.41) is 0. The predicted molar refractivity (Wildman–Crippen MR) is 76.9 cm³/mol. The van der Waals surface area contributed by atoms with Crippen molar-refractivity contribution in [2.45, 2.75) is 12.5 Å². The number of likely N-dealkylation sites (N-methyl/N-ethyl adjacent to an activating group) is 1. The molecule has 0 aromatic heterocycles. The monoisotopic (exact) mass is 289 g/mol. The number of hydrogen-bond acceptors (Lipinski definition) is 4. The van der Waals surface area contributed by atoms with Crippen molar-refractivity contribution < 1.29 is 13.9 Å². The summed E-state index contributed by atoms with van der Waals surface area (Å²) in [7, 11) is 3.13. The second kappa shape index (κ2) is 6.37. The van der Waals surface area contributed by atoms with Gasteiger partial charge in [-0.1, -0.05) is 17.9 Å². The SMILES string of the molecule is COCCC#Cc1cc([C@H]2N=C(N)N(C)C2=O)ccc1F. The van der Waals surface area contributed by atoms with Crippen LogP contribution in [-0.4, -0.2) is 37.5 Å². The van der Waals surface area contributed by atoms with Crippen molar-refractivity contribution in [3.8, 4) is 11.8 Å². The van der Waals surface area contributed by atoms with E-state index in [0.717, 1.165) is 0 Å². The Bertz CT molecular complexity index is 646. The third-order valence-electron chi connectivity index (χ3n) is 3.13. The number of halogens is 1. The van der Waals surface area contributed by atoms with Crippen molar-refractivity contribution in [1.29, 1.82) is 0 Å². The molecule has 1 aliphatic rings. The number of methoxy groups -OCH3 is 1. The van der Waals surface area contributed by atoms with Crippen LogP contribution in [0.4, 0.5) is 4.39 Å². The van der Waals surface area contributed by atoms with Crippen LogP contribution in [0.2, 0.25) is 0 Å². The summed E-state index contributed by atoms with van der Waals surface area (Å²) in [5.41, 5.74) is 6.43. The number of carbonyl (C=O) groups is 1. The standard InChI is InChI=1S/C15H16FN3O2/c1-19-14(20)13(18-15(19)17)11-6-7-12(16)10(9-11)5-3-4-8-21-2/h6-7,9,13H,4,8H2,1-2H3,(H2,17,18)/t13-/m1/s1. The molecule has 0 saturated carbocycles. The smallest absolute Gasteiger partial charge is 0.258 e. The van der Waals surface area contributed by atoms with Crippen LogP contribution in [0.1, 0.15) is 23.6 Å². The molecule has 0 fully saturated rings. The van der Waals surface area contributed by atoms with Gasteiger partial charge in [-0.2, -0.15) is 0 Å². The molecule has 110 valence electrons. The van der Waals surface area contributed by atoms with E-state index in [9.17, 15) is 9.18 Å². The van der Waals surface area contributed by atoms with Crippen LogP contribution in [0.3, 0.4) is 0 Å². The average molecular weight is 289 g/mol. The molecule has 1 aromatic carbocycles. The fourth-order valence-corrected chi connectivity index (χ4v) is 1.91. The number of nitrogens with zero attached hydrogens (tertiary/aromatic N) is 2. The van der Waals surface area contributed by atoms with Crippen LogP contribution in [-0.2, 0) is 9.53 Å². The van der Waals surface area contributed by atoms with E-state index in [1.54, 1.807) is 14.2 Å². The zero-order chi connectivity index (χ0) is 15.4. The van der Waals surface area contributed by atoms with Crippen LogP contribution < -0.4 is 5.73 Å². The van der Waals surface area contributed by atoms with E-state index in [2.05, 4.69) is 16.8 Å². The Morgan fingerprint density at radius 2 is 2.29 bits per heavy atom. The summed E-state index contributed by atoms with van der Waals surface area (Å²) in [6.45, 7) is 0.487. The molecule has 0 aliphatic carbocycles. The number of nitrogens with two attached hydrogens (primary N) is 1. The Balaban J connectivity index is 2.26. The minimum atomic E-state index is -0.727. The lowest BCUT2D eigenvalue weighted by molar-refractivity contribution is -0.126. The quantitative estimate of drug-likeness (QED) is 0.668. The van der Waals surface area contributed by atoms with E-state index in [1.807, 2.05) is 0 Å². The van der Waals surface area contributed by atoms with E-state index in [1.165, 1.54) is 23.1 Å². The molecular formula is C15H16FN3O2. The van der Waals surface area contributed by atoms with Gasteiger partial charge in [-0.25, -0.2) is 9.38 Å². The van der Waals surface area contributed by atoms with Crippen LogP contribution in [0, 0.1) is 17.7 Å². The first-order chi connectivity index (χ1) is 10.0. The van der Waals surface area contributed by atoms with Gasteiger partial charge in [0.15, 0.2) is 12.0 Å². The van der Waals surface area contributed by atoms with Crippen molar-refractivity contribution in [1.82, 2.24) is 4.90 Å². The molecule has 1 aliphatic heterocycles. The van der Waals surface area contributed by atoms with Gasteiger partial charge in [-0.3, -0.25) is 9.69 Å². The van der Waals surface area contributed by atoms with Gasteiger partial charge in [-0.05, 0) is 17.7 Å². The van der Waals surface area contributed by atoms with E-state index in [-0.39, 0.29) is 17.4 Å². The summed E-state index contributed by atoms with van der Waals surface area (Å²) >= 11 is 0. The van der Waals surface area contributed by atoms with Crippen LogP contribution in [0.25, 0.3) is 0 Å². The number of hydrogen-bond donors (Lipinski definition) is 1. The second-order valence-corrected chi connectivity index (χ2v) is 4.57. The highest BCUT2D eigenvalue weighted by Crippen LogP contribution is 2.25. The van der Waals surface area contributed by atoms with Crippen molar-refractivity contribution in [2.75, 3.05) is 20.8 Å². The molecule has 2 N–H and O–H groups in total. The largest absolute Gasteiger partial charge is 0.384 e. The predicted octanol–water partition coefficient (Wildman–Crippen LogP) is 1.04. The number of ether oxygens (including phenoxy) is 1. The highest BCUT2D eigenvalue weighted by molar-refractivity contribution is 6.04. The van der Waals surface area contributed by atoms with Gasteiger partial charge in [0.05, 0.1) is 12.2 Å². The van der Waals surface area contributed by atoms with Gasteiger partial charge in [0, 0.05) is 20.6 Å². The van der Waals surface area contributed by atoms with Crippen molar-refractivity contribution in [3.63, 3.8) is 0 Å². The molecule has 2 rings (SSSR count). The van der Waals surface area contributed by atoms with E-state index in [0.29, 0.717) is 18.6 Å². The van der Waals surface area contributed by atoms with E-state index >= 15 is 0 Å². The Kier molecular flexibility index (Phi) is 4.55. The van der Waals surface area contributed by atoms with Gasteiger partial charge in [0.25, 0.3) is 5.91 Å². The van der Waals surface area contributed by atoms with Crippen molar-refractivity contribution in [3.05, 3.63) is 35.1 Å². The maximum absolute atomic E-state index is 13.7. The molecule has 0 unspecified atom stereocenters. The maximum atomic E-state index is 13.7. The van der Waals surface area contributed by atoms with Gasteiger partial charge in [0.2, 0.25) is 0 Å². The van der Waals surface area contributed by atoms with Gasteiger partial charge in [-0.15, -0.1) is 0 Å². The molecule has 1 amide bonds. The van der Waals surface area contributed by atoms with Crippen LogP contribution in [0.5, 0.6) is 0 Å². The summed E-state index contributed by atoms with van der Waals surface area (Å²) in [5.74, 6) is 5.04. The Morgan fingerprint density at radius 3 is 2.90 bits per heavy atom. The van der Waals surface area contributed by atoms with Gasteiger partial charge >= 0.3 is 0 Å². The zero-order valence-corrected chi connectivity index (χ0v) is 11.9. The Hall–Kier alpha value is -2.39. The first-order valence-corrected chi connectivity index (χ1v) is 6.42. The first kappa shape index (κ1) is 15.0. The molecule has 21 heavy (non-hydrogen) atoms. The molecule has 6 heteroatoms. The summed E-state index contributed by atoms with van der Waals surface area (Å²) in [4.78, 5) is 17.4. The van der Waals surface area contributed by atoms with Gasteiger partial charge in [0.1, 0.15) is 5.82 Å². The van der Waals surface area contributed by atoms with E-state index < -0.39 is 11.9 Å². The molecule has 0 radical (unpaired) electrons. The highest BCUT2D eigenvalue weighted by atomic mass is 19.1. The molecule has 1 aromatic rings. The number of rotatable bonds is 3. The zero-order valence-electron chi connectivity index (χ0n) is 11.9. The molecule has 0 bridgehead atoms. The van der Waals surface area contributed by atoms with E-state index in [4.69, 9.17) is 10.5 Å². The Labute approximate surface area is 122 Å². The molecule has 0 spiro atoms. The molecule has 0 saturated heterocycles. The number of amides is 1. The lowest BCUT2D eigenvalue weighted by Crippen LogP contribution is -2.34. The van der Waals surface area contributed by atoms with Crippen LogP contribution in [0.15, 0.2) is 23.2 Å². The highest BCUT2D eigenvalue weighted by Gasteiger charge is 2.31. The third-order valence-corrected chi connectivity index (χ3v) is 3.13. The second-order valence-electron chi connectivity index (χ2n) is 4.57. The Morgan fingerprint density at radius 1 is 1.52 bits per heavy atom. The van der Waals surface area contributed by atoms with Crippen LogP contribution >= 0.6 is 0 Å². The number of guanidine groups is 1. The fraction of sp³-hybridized carbons (Fsp3) is 0.333. The third kappa shape index (κ3) is 3.20. The molecule has 1 atom stereocenters. The number of benzene rings is 1. The summed E-state index contributed by atoms with van der Waals surface area (Å²) in [6, 6.07) is 3.62. The minimum absolute atomic E-state index is 0.155. The summed E-state index contributed by atoms with van der Waals surface area (Å²) in [6.07, 6.45) is 0.510. The number of aliphatic imine (C=N–C) groups is 1. The molecular weight excluding hydrogens is 273 g/mol. The first-order valence-electron chi connectivity index (χ1n) is 6.42. The average Bonchev–Trinajstić information content (AvgIpc) is 2.73.